The minimum Gasteiger partial charge on any atom is -0.295 e. The number of carbonyl (C=O) groups is 1. The third-order valence-corrected chi connectivity index (χ3v) is 4.46. The van der Waals surface area contributed by atoms with E-state index in [-0.39, 0.29) is 15.8 Å². The normalized spacial score (nSPS) is 10.6. The Morgan fingerprint density at radius 1 is 0.895 bits per heavy atom. The Bertz CT molecular complexity index is 647. The SMILES string of the molecule is CC(=O)c1ccc(-c2cc(Cl)c(Cl)c(Cl)c2Cl)cc1. The Balaban J connectivity index is 2.56. The smallest absolute Gasteiger partial charge is 0.159 e. The van der Waals surface area contributed by atoms with Gasteiger partial charge in [0, 0.05) is 11.1 Å². The van der Waals surface area contributed by atoms with Crippen LogP contribution in [0.3, 0.4) is 0 Å². The maximum atomic E-state index is 11.2. The number of halogens is 4. The zero-order valence-electron chi connectivity index (χ0n) is 9.81. The highest BCUT2D eigenvalue weighted by Gasteiger charge is 2.14. The standard InChI is InChI=1S/C14H8Cl4O/c1-7(19)8-2-4-9(5-3-8)10-6-11(15)13(17)14(18)12(10)16/h2-6H,1H3. The maximum Gasteiger partial charge on any atom is 0.159 e. The predicted molar refractivity (Wildman–Crippen MR) is 81.9 cm³/mol. The van der Waals surface area contributed by atoms with E-state index in [1.54, 1.807) is 30.3 Å². The molecule has 0 fully saturated rings. The molecule has 0 aliphatic rings. The fourth-order valence-electron chi connectivity index (χ4n) is 1.67. The Hall–Kier alpha value is -0.730. The van der Waals surface area contributed by atoms with Gasteiger partial charge in [-0.05, 0) is 18.6 Å². The molecule has 0 N–H and O–H groups in total. The summed E-state index contributed by atoms with van der Waals surface area (Å²) < 4.78 is 0. The molecule has 5 heteroatoms. The van der Waals surface area contributed by atoms with Crippen molar-refractivity contribution < 1.29 is 4.79 Å². The lowest BCUT2D eigenvalue weighted by Crippen LogP contribution is -1.91. The summed E-state index contributed by atoms with van der Waals surface area (Å²) in [6.07, 6.45) is 0. The van der Waals surface area contributed by atoms with E-state index in [9.17, 15) is 4.79 Å². The molecule has 0 amide bonds. The van der Waals surface area contributed by atoms with Crippen LogP contribution >= 0.6 is 46.4 Å². The topological polar surface area (TPSA) is 17.1 Å². The third-order valence-electron chi connectivity index (χ3n) is 2.71. The zero-order chi connectivity index (χ0) is 14.2. The van der Waals surface area contributed by atoms with Gasteiger partial charge < -0.3 is 0 Å². The fraction of sp³-hybridized carbons (Fsp3) is 0.0714. The van der Waals surface area contributed by atoms with Crippen molar-refractivity contribution in [1.29, 1.82) is 0 Å². The van der Waals surface area contributed by atoms with Gasteiger partial charge in [-0.25, -0.2) is 0 Å². The van der Waals surface area contributed by atoms with Crippen LogP contribution in [0.5, 0.6) is 0 Å². The highest BCUT2D eigenvalue weighted by molar-refractivity contribution is 6.52. The van der Waals surface area contributed by atoms with Crippen molar-refractivity contribution in [2.75, 3.05) is 0 Å². The molecule has 0 aliphatic carbocycles. The lowest BCUT2D eigenvalue weighted by atomic mass is 10.0. The van der Waals surface area contributed by atoms with Crippen molar-refractivity contribution in [3.8, 4) is 11.1 Å². The number of hydrogen-bond donors (Lipinski definition) is 0. The van der Waals surface area contributed by atoms with Crippen molar-refractivity contribution in [2.24, 2.45) is 0 Å². The largest absolute Gasteiger partial charge is 0.295 e. The molecule has 2 aromatic rings. The molecular weight excluding hydrogens is 326 g/mol. The van der Waals surface area contributed by atoms with Gasteiger partial charge in [0.2, 0.25) is 0 Å². The summed E-state index contributed by atoms with van der Waals surface area (Å²) in [6.45, 7) is 1.51. The molecule has 0 aliphatic heterocycles. The van der Waals surface area contributed by atoms with Crippen molar-refractivity contribution in [3.63, 3.8) is 0 Å². The van der Waals surface area contributed by atoms with E-state index in [4.69, 9.17) is 46.4 Å². The first kappa shape index (κ1) is 14.7. The van der Waals surface area contributed by atoms with Crippen LogP contribution in [0.25, 0.3) is 11.1 Å². The van der Waals surface area contributed by atoms with E-state index < -0.39 is 0 Å². The summed E-state index contributed by atoms with van der Waals surface area (Å²) >= 11 is 24.1. The highest BCUT2D eigenvalue weighted by atomic mass is 35.5. The van der Waals surface area contributed by atoms with Gasteiger partial charge in [0.1, 0.15) is 0 Å². The molecule has 0 aromatic heterocycles. The summed E-state index contributed by atoms with van der Waals surface area (Å²) in [5.74, 6) is 0.00446. The molecule has 0 saturated carbocycles. The van der Waals surface area contributed by atoms with Gasteiger partial charge in [0.15, 0.2) is 5.78 Å². The molecular formula is C14H8Cl4O. The van der Waals surface area contributed by atoms with Gasteiger partial charge in [-0.3, -0.25) is 4.79 Å². The Kier molecular flexibility index (Phi) is 4.42. The molecule has 0 heterocycles. The monoisotopic (exact) mass is 332 g/mol. The summed E-state index contributed by atoms with van der Waals surface area (Å²) in [6, 6.07) is 8.69. The van der Waals surface area contributed by atoms with E-state index in [1.165, 1.54) is 6.92 Å². The molecule has 0 bridgehead atoms. The van der Waals surface area contributed by atoms with Crippen LogP contribution in [-0.4, -0.2) is 5.78 Å². The second kappa shape index (κ2) is 5.72. The molecule has 0 radical (unpaired) electrons. The predicted octanol–water partition coefficient (Wildman–Crippen LogP) is 6.17. The van der Waals surface area contributed by atoms with Crippen molar-refractivity contribution in [3.05, 3.63) is 56.0 Å². The van der Waals surface area contributed by atoms with Crippen LogP contribution in [-0.2, 0) is 0 Å². The van der Waals surface area contributed by atoms with Gasteiger partial charge in [0.25, 0.3) is 0 Å². The average Bonchev–Trinajstić information content (AvgIpc) is 2.40. The molecule has 2 rings (SSSR count). The van der Waals surface area contributed by atoms with E-state index >= 15 is 0 Å². The summed E-state index contributed by atoms with van der Waals surface area (Å²) in [5, 5.41) is 1.13. The molecule has 98 valence electrons. The minimum absolute atomic E-state index is 0.00446. The number of benzene rings is 2. The summed E-state index contributed by atoms with van der Waals surface area (Å²) in [4.78, 5) is 11.2. The number of hydrogen-bond acceptors (Lipinski definition) is 1. The number of carbonyl (C=O) groups excluding carboxylic acids is 1. The van der Waals surface area contributed by atoms with Crippen LogP contribution in [0.4, 0.5) is 0 Å². The Morgan fingerprint density at radius 2 is 1.47 bits per heavy atom. The first-order valence-corrected chi connectivity index (χ1v) is 6.87. The number of Topliss-reactive ketones (excluding diaryl/α,β-unsaturated/α-hetero) is 1. The van der Waals surface area contributed by atoms with Gasteiger partial charge in [-0.15, -0.1) is 0 Å². The molecule has 19 heavy (non-hydrogen) atoms. The van der Waals surface area contributed by atoms with Crippen LogP contribution in [0.1, 0.15) is 17.3 Å². The van der Waals surface area contributed by atoms with E-state index in [2.05, 4.69) is 0 Å². The second-order valence-corrected chi connectivity index (χ2v) is 5.52. The average molecular weight is 334 g/mol. The van der Waals surface area contributed by atoms with E-state index in [1.807, 2.05) is 0 Å². The zero-order valence-corrected chi connectivity index (χ0v) is 12.8. The van der Waals surface area contributed by atoms with Crippen molar-refractivity contribution in [1.82, 2.24) is 0 Å². The summed E-state index contributed by atoms with van der Waals surface area (Å²) in [5.41, 5.74) is 2.12. The fourth-order valence-corrected chi connectivity index (χ4v) is 2.58. The first-order valence-electron chi connectivity index (χ1n) is 5.36. The Morgan fingerprint density at radius 3 is 2.00 bits per heavy atom. The number of rotatable bonds is 2. The first-order chi connectivity index (χ1) is 8.91. The lowest BCUT2D eigenvalue weighted by Gasteiger charge is -2.09. The van der Waals surface area contributed by atoms with Gasteiger partial charge in [-0.1, -0.05) is 70.7 Å². The van der Waals surface area contributed by atoms with Crippen LogP contribution < -0.4 is 0 Å². The van der Waals surface area contributed by atoms with Crippen molar-refractivity contribution in [2.45, 2.75) is 6.92 Å². The highest BCUT2D eigenvalue weighted by Crippen LogP contribution is 2.42. The van der Waals surface area contributed by atoms with Crippen LogP contribution in [0.15, 0.2) is 30.3 Å². The summed E-state index contributed by atoms with van der Waals surface area (Å²) in [7, 11) is 0. The van der Waals surface area contributed by atoms with Gasteiger partial charge >= 0.3 is 0 Å². The third kappa shape index (κ3) is 2.90. The molecule has 0 spiro atoms. The van der Waals surface area contributed by atoms with Gasteiger partial charge in [-0.2, -0.15) is 0 Å². The quantitative estimate of drug-likeness (QED) is 0.365. The molecule has 0 unspecified atom stereocenters. The molecule has 2 aromatic carbocycles. The molecule has 0 saturated heterocycles. The molecule has 1 nitrogen and oxygen atoms in total. The second-order valence-electron chi connectivity index (χ2n) is 3.98. The van der Waals surface area contributed by atoms with E-state index in [0.717, 1.165) is 5.56 Å². The van der Waals surface area contributed by atoms with E-state index in [0.29, 0.717) is 21.2 Å². The van der Waals surface area contributed by atoms with Crippen LogP contribution in [0.2, 0.25) is 20.1 Å². The van der Waals surface area contributed by atoms with Crippen LogP contribution in [0, 0.1) is 0 Å². The van der Waals surface area contributed by atoms with Crippen molar-refractivity contribution >= 4 is 52.2 Å². The Labute approximate surface area is 131 Å². The minimum atomic E-state index is 0.00446. The number of ketones is 1. The maximum absolute atomic E-state index is 11.2. The lowest BCUT2D eigenvalue weighted by molar-refractivity contribution is 0.101. The van der Waals surface area contributed by atoms with Gasteiger partial charge in [0.05, 0.1) is 20.1 Å². The molecule has 0 atom stereocenters.